The third-order valence-electron chi connectivity index (χ3n) is 4.85. The molecule has 0 atom stereocenters. The lowest BCUT2D eigenvalue weighted by Gasteiger charge is -2.33. The van der Waals surface area contributed by atoms with Crippen molar-refractivity contribution in [1.29, 1.82) is 0 Å². The maximum Gasteiger partial charge on any atom is 0.226 e. The molecule has 2 nitrogen and oxygen atoms in total. The Bertz CT molecular complexity index is 887. The minimum Gasteiger partial charge on any atom is -0.201 e. The molecule has 0 heterocycles. The Kier molecular flexibility index (Phi) is 6.21. The Balaban J connectivity index is 1.76. The molecule has 0 aliphatic heterocycles. The highest BCUT2D eigenvalue weighted by Crippen LogP contribution is 2.44. The zero-order valence-corrected chi connectivity index (χ0v) is 17.6. The molecule has 30 heavy (non-hydrogen) atoms. The minimum atomic E-state index is -1.38. The van der Waals surface area contributed by atoms with Crippen LogP contribution in [-0.4, -0.2) is 0 Å². The van der Waals surface area contributed by atoms with E-state index in [-0.39, 0.29) is 0 Å². The first-order valence-corrected chi connectivity index (χ1v) is 10.4. The van der Waals surface area contributed by atoms with Crippen LogP contribution in [-0.2, 0) is 19.9 Å². The van der Waals surface area contributed by atoms with Crippen LogP contribution in [0.15, 0.2) is 121 Å². The van der Waals surface area contributed by atoms with Gasteiger partial charge in [-0.1, -0.05) is 145 Å². The van der Waals surface area contributed by atoms with Crippen LogP contribution in [0.2, 0.25) is 0 Å². The third kappa shape index (κ3) is 4.14. The lowest BCUT2D eigenvalue weighted by molar-refractivity contribution is -0.367. The van der Waals surface area contributed by atoms with Gasteiger partial charge in [-0.15, -0.1) is 0 Å². The van der Waals surface area contributed by atoms with Gasteiger partial charge in [-0.25, -0.2) is 9.78 Å². The van der Waals surface area contributed by atoms with Crippen LogP contribution in [0.3, 0.4) is 0 Å². The highest BCUT2D eigenvalue weighted by atomic mass is 35.5. The van der Waals surface area contributed by atoms with Crippen molar-refractivity contribution in [2.24, 2.45) is 0 Å². The SMILES string of the molecule is ClC(OOC(Cl)(c1ccccc1)c1ccccc1)(c1ccccc1)c1ccccc1. The molecule has 0 aliphatic carbocycles. The highest BCUT2D eigenvalue weighted by molar-refractivity contribution is 6.25. The van der Waals surface area contributed by atoms with Crippen LogP contribution >= 0.6 is 23.2 Å². The van der Waals surface area contributed by atoms with Crippen LogP contribution in [0, 0.1) is 0 Å². The van der Waals surface area contributed by atoms with Crippen molar-refractivity contribution in [2.75, 3.05) is 0 Å². The second kappa shape index (κ2) is 9.03. The topological polar surface area (TPSA) is 18.5 Å². The molecule has 4 aromatic rings. The van der Waals surface area contributed by atoms with E-state index in [2.05, 4.69) is 0 Å². The van der Waals surface area contributed by atoms with Gasteiger partial charge in [0.15, 0.2) is 0 Å². The van der Waals surface area contributed by atoms with Gasteiger partial charge in [0, 0.05) is 22.3 Å². The summed E-state index contributed by atoms with van der Waals surface area (Å²) in [6.07, 6.45) is 0. The van der Waals surface area contributed by atoms with E-state index in [1.54, 1.807) is 0 Å². The molecule has 0 unspecified atom stereocenters. The van der Waals surface area contributed by atoms with Gasteiger partial charge in [0.1, 0.15) is 0 Å². The normalized spacial score (nSPS) is 11.9. The predicted molar refractivity (Wildman–Crippen MR) is 121 cm³/mol. The Morgan fingerprint density at radius 2 is 0.567 bits per heavy atom. The molecule has 4 aromatic carbocycles. The molecule has 0 aromatic heterocycles. The van der Waals surface area contributed by atoms with Crippen molar-refractivity contribution in [3.63, 3.8) is 0 Å². The Morgan fingerprint density at radius 3 is 0.767 bits per heavy atom. The van der Waals surface area contributed by atoms with Gasteiger partial charge in [-0.2, -0.15) is 0 Å². The number of halogens is 2. The fourth-order valence-electron chi connectivity index (χ4n) is 3.25. The van der Waals surface area contributed by atoms with E-state index in [1.807, 2.05) is 121 Å². The molecule has 0 spiro atoms. The van der Waals surface area contributed by atoms with Crippen molar-refractivity contribution in [2.45, 2.75) is 10.1 Å². The quantitative estimate of drug-likeness (QED) is 0.173. The van der Waals surface area contributed by atoms with E-state index in [0.717, 1.165) is 22.3 Å². The summed E-state index contributed by atoms with van der Waals surface area (Å²) in [5, 5.41) is -2.77. The van der Waals surface area contributed by atoms with Gasteiger partial charge in [0.05, 0.1) is 0 Å². The first-order valence-electron chi connectivity index (χ1n) is 9.60. The molecule has 4 rings (SSSR count). The first-order chi connectivity index (χ1) is 14.6. The van der Waals surface area contributed by atoms with Gasteiger partial charge in [0.2, 0.25) is 10.1 Å². The molecule has 0 N–H and O–H groups in total. The minimum absolute atomic E-state index is 0.734. The molecule has 0 radical (unpaired) electrons. The predicted octanol–water partition coefficient (Wildman–Crippen LogP) is 7.21. The van der Waals surface area contributed by atoms with Gasteiger partial charge in [-0.05, 0) is 0 Å². The van der Waals surface area contributed by atoms with E-state index in [4.69, 9.17) is 33.0 Å². The van der Waals surface area contributed by atoms with Crippen LogP contribution in [0.4, 0.5) is 0 Å². The number of benzene rings is 4. The molecular formula is C26H20Cl2O2. The zero-order valence-electron chi connectivity index (χ0n) is 16.1. The van der Waals surface area contributed by atoms with Crippen LogP contribution in [0.1, 0.15) is 22.3 Å². The van der Waals surface area contributed by atoms with Gasteiger partial charge < -0.3 is 0 Å². The molecule has 0 fully saturated rings. The van der Waals surface area contributed by atoms with Crippen LogP contribution in [0.5, 0.6) is 0 Å². The average molecular weight is 435 g/mol. The second-order valence-electron chi connectivity index (χ2n) is 6.82. The Labute approximate surface area is 186 Å². The lowest BCUT2D eigenvalue weighted by atomic mass is 10.0. The summed E-state index contributed by atoms with van der Waals surface area (Å²) in [7, 11) is 0. The van der Waals surface area contributed by atoms with Gasteiger partial charge in [-0.3, -0.25) is 0 Å². The average Bonchev–Trinajstić information content (AvgIpc) is 2.84. The molecule has 0 saturated heterocycles. The standard InChI is InChI=1S/C26H20Cl2O2/c27-25(21-13-5-1-6-14-21,22-15-7-2-8-16-22)29-30-26(28,23-17-9-3-10-18-23)24-19-11-4-12-20-24/h1-20H. The largest absolute Gasteiger partial charge is 0.226 e. The fourth-order valence-corrected chi connectivity index (χ4v) is 3.82. The van der Waals surface area contributed by atoms with Gasteiger partial charge >= 0.3 is 0 Å². The maximum atomic E-state index is 7.07. The summed E-state index contributed by atoms with van der Waals surface area (Å²) in [4.78, 5) is 12.0. The smallest absolute Gasteiger partial charge is 0.201 e. The fraction of sp³-hybridized carbons (Fsp3) is 0.0769. The van der Waals surface area contributed by atoms with Crippen molar-refractivity contribution >= 4 is 23.2 Å². The summed E-state index contributed by atoms with van der Waals surface area (Å²) in [5.41, 5.74) is 2.94. The summed E-state index contributed by atoms with van der Waals surface area (Å²) >= 11 is 14.1. The van der Waals surface area contributed by atoms with Crippen molar-refractivity contribution in [3.05, 3.63) is 144 Å². The Hall–Kier alpha value is -2.62. The van der Waals surface area contributed by atoms with E-state index >= 15 is 0 Å². The van der Waals surface area contributed by atoms with E-state index in [1.165, 1.54) is 0 Å². The van der Waals surface area contributed by atoms with Crippen molar-refractivity contribution < 1.29 is 9.78 Å². The van der Waals surface area contributed by atoms with Crippen LogP contribution in [0.25, 0.3) is 0 Å². The first kappa shape index (κ1) is 20.6. The molecule has 0 aliphatic rings. The second-order valence-corrected chi connectivity index (χ2v) is 7.89. The third-order valence-corrected chi connectivity index (χ3v) is 5.85. The van der Waals surface area contributed by atoms with Crippen LogP contribution < -0.4 is 0 Å². The Morgan fingerprint density at radius 1 is 0.367 bits per heavy atom. The van der Waals surface area contributed by atoms with Crippen molar-refractivity contribution in [3.8, 4) is 0 Å². The summed E-state index contributed by atoms with van der Waals surface area (Å²) in [5.74, 6) is 0. The van der Waals surface area contributed by atoms with Crippen molar-refractivity contribution in [1.82, 2.24) is 0 Å². The van der Waals surface area contributed by atoms with E-state index < -0.39 is 10.1 Å². The molecule has 150 valence electrons. The molecule has 4 heteroatoms. The number of alkyl halides is 2. The molecule has 0 amide bonds. The molecular weight excluding hydrogens is 415 g/mol. The summed E-state index contributed by atoms with van der Waals surface area (Å²) in [6, 6.07) is 38.1. The van der Waals surface area contributed by atoms with E-state index in [0.29, 0.717) is 0 Å². The zero-order chi connectivity index (χ0) is 20.9. The number of hydrogen-bond donors (Lipinski definition) is 0. The number of rotatable bonds is 7. The maximum absolute atomic E-state index is 7.07. The van der Waals surface area contributed by atoms with E-state index in [9.17, 15) is 0 Å². The number of hydrogen-bond acceptors (Lipinski definition) is 2. The lowest BCUT2D eigenvalue weighted by Crippen LogP contribution is -2.32. The molecule has 0 bridgehead atoms. The van der Waals surface area contributed by atoms with Gasteiger partial charge in [0.25, 0.3) is 0 Å². The molecule has 0 saturated carbocycles. The highest BCUT2D eigenvalue weighted by Gasteiger charge is 2.41. The summed E-state index contributed by atoms with van der Waals surface area (Å²) < 4.78 is 0. The monoisotopic (exact) mass is 434 g/mol. The summed E-state index contributed by atoms with van der Waals surface area (Å²) in [6.45, 7) is 0.